The van der Waals surface area contributed by atoms with Gasteiger partial charge in [-0.25, -0.2) is 9.97 Å². The zero-order valence-corrected chi connectivity index (χ0v) is 13.9. The number of pyridine rings is 1. The van der Waals surface area contributed by atoms with Crippen LogP contribution in [0.5, 0.6) is 0 Å². The predicted molar refractivity (Wildman–Crippen MR) is 101 cm³/mol. The zero-order chi connectivity index (χ0) is 18.1. The molecule has 0 saturated heterocycles. The molecule has 0 unspecified atom stereocenters. The van der Waals surface area contributed by atoms with Crippen molar-refractivity contribution in [3.63, 3.8) is 0 Å². The fourth-order valence-corrected chi connectivity index (χ4v) is 3.22. The van der Waals surface area contributed by atoms with Crippen molar-refractivity contribution in [2.24, 2.45) is 0 Å². The van der Waals surface area contributed by atoms with Crippen LogP contribution in [-0.4, -0.2) is 15.7 Å². The van der Waals surface area contributed by atoms with Crippen molar-refractivity contribution >= 4 is 17.2 Å². The fourth-order valence-electron chi connectivity index (χ4n) is 3.22. The van der Waals surface area contributed by atoms with Crippen molar-refractivity contribution in [3.05, 3.63) is 71.1 Å². The number of nitrogen functional groups attached to an aromatic ring is 1. The molecule has 0 fully saturated rings. The number of nitrogens with one attached hydrogen (secondary N) is 2. The van der Waals surface area contributed by atoms with Crippen LogP contribution in [0.2, 0.25) is 0 Å². The van der Waals surface area contributed by atoms with Crippen molar-refractivity contribution in [2.75, 3.05) is 11.1 Å². The minimum atomic E-state index is 0. The summed E-state index contributed by atoms with van der Waals surface area (Å²) in [6.07, 6.45) is 4.57. The smallest absolute Gasteiger partial charge is 0.181 e. The Balaban J connectivity index is 0.00000140. The third kappa shape index (κ3) is 2.78. The van der Waals surface area contributed by atoms with E-state index in [0.29, 0.717) is 28.5 Å². The molecule has 1 aliphatic rings. The Bertz CT molecular complexity index is 1030. The highest BCUT2D eigenvalue weighted by molar-refractivity contribution is 6.10. The lowest BCUT2D eigenvalue weighted by molar-refractivity contribution is 0.548. The summed E-state index contributed by atoms with van der Waals surface area (Å²) in [6, 6.07) is 11.6. The van der Waals surface area contributed by atoms with Gasteiger partial charge in [0.2, 0.25) is 0 Å². The minimum absolute atomic E-state index is 0. The minimum Gasteiger partial charge on any atom is -0.442 e. The van der Waals surface area contributed by atoms with E-state index in [-0.39, 0.29) is 14.6 Å². The molecule has 7 heteroatoms. The number of hydrogen-bond acceptors (Lipinski definition) is 7. The summed E-state index contributed by atoms with van der Waals surface area (Å²) >= 11 is 0. The summed E-state index contributed by atoms with van der Waals surface area (Å²) < 4.78 is 5.17. The standard InChI is InChI=1S/C19H16N6O.2H2/c20-8-11-1-3-13-12(7-11)2-5-15(13)24-17-6-4-14(21)19(25-17)18(22)16-9-23-10-26-16;;/h1,3-4,6-7,9-10,15,22H,2,5,21H2,(H,24,25);2*1H/t15-;;/m1../s1. The van der Waals surface area contributed by atoms with Gasteiger partial charge >= 0.3 is 0 Å². The van der Waals surface area contributed by atoms with Crippen LogP contribution in [0.1, 0.15) is 43.5 Å². The molecule has 1 aromatic carbocycles. The monoisotopic (exact) mass is 348 g/mol. The van der Waals surface area contributed by atoms with Gasteiger partial charge < -0.3 is 15.5 Å². The molecule has 0 aliphatic heterocycles. The van der Waals surface area contributed by atoms with Crippen LogP contribution in [0.25, 0.3) is 0 Å². The summed E-state index contributed by atoms with van der Waals surface area (Å²) in [5, 5.41) is 20.7. The van der Waals surface area contributed by atoms with Crippen LogP contribution in [-0.2, 0) is 6.42 Å². The van der Waals surface area contributed by atoms with Crippen molar-refractivity contribution < 1.29 is 7.27 Å². The van der Waals surface area contributed by atoms with Gasteiger partial charge in [-0.05, 0) is 48.2 Å². The Labute approximate surface area is 153 Å². The summed E-state index contributed by atoms with van der Waals surface area (Å²) in [6.45, 7) is 0. The molecule has 2 aromatic heterocycles. The highest BCUT2D eigenvalue weighted by atomic mass is 16.3. The van der Waals surface area contributed by atoms with E-state index in [4.69, 9.17) is 20.8 Å². The SMILES string of the molecule is N#Cc1ccc2c(c1)CC[C@H]2Nc1ccc(N)c(C(=N)c2cnco2)n1.[HH].[HH]. The number of rotatable bonds is 4. The van der Waals surface area contributed by atoms with Gasteiger partial charge in [0, 0.05) is 2.85 Å². The lowest BCUT2D eigenvalue weighted by atomic mass is 10.1. The maximum Gasteiger partial charge on any atom is 0.181 e. The van der Waals surface area contributed by atoms with Crippen molar-refractivity contribution in [2.45, 2.75) is 18.9 Å². The molecule has 3 aromatic rings. The van der Waals surface area contributed by atoms with E-state index < -0.39 is 0 Å². The molecular formula is C19H20N6O. The van der Waals surface area contributed by atoms with Gasteiger partial charge in [-0.3, -0.25) is 5.41 Å². The zero-order valence-electron chi connectivity index (χ0n) is 13.9. The van der Waals surface area contributed by atoms with E-state index in [1.807, 2.05) is 18.2 Å². The largest absolute Gasteiger partial charge is 0.442 e. The second kappa shape index (κ2) is 6.33. The number of anilines is 2. The molecule has 2 heterocycles. The van der Waals surface area contributed by atoms with Crippen LogP contribution in [0.15, 0.2) is 47.3 Å². The van der Waals surface area contributed by atoms with Crippen LogP contribution in [0.4, 0.5) is 11.5 Å². The number of oxazole rings is 1. The Hall–Kier alpha value is -3.66. The molecule has 4 rings (SSSR count). The number of aromatic nitrogens is 2. The first-order valence-electron chi connectivity index (χ1n) is 8.19. The molecule has 0 spiro atoms. The van der Waals surface area contributed by atoms with Gasteiger partial charge in [0.25, 0.3) is 0 Å². The average Bonchev–Trinajstić information content (AvgIpc) is 3.32. The first-order chi connectivity index (χ1) is 12.7. The first-order valence-corrected chi connectivity index (χ1v) is 8.19. The number of nitrogens with zero attached hydrogens (tertiary/aromatic N) is 3. The first kappa shape index (κ1) is 15.8. The average molecular weight is 348 g/mol. The summed E-state index contributed by atoms with van der Waals surface area (Å²) in [7, 11) is 0. The van der Waals surface area contributed by atoms with E-state index in [1.165, 1.54) is 23.7 Å². The van der Waals surface area contributed by atoms with Crippen LogP contribution >= 0.6 is 0 Å². The van der Waals surface area contributed by atoms with E-state index in [1.54, 1.807) is 12.1 Å². The number of aryl methyl sites for hydroxylation is 1. The number of nitriles is 1. The molecule has 132 valence electrons. The Kier molecular flexibility index (Phi) is 3.86. The molecule has 4 N–H and O–H groups in total. The van der Waals surface area contributed by atoms with E-state index in [9.17, 15) is 0 Å². The van der Waals surface area contributed by atoms with Gasteiger partial charge in [0.05, 0.1) is 29.6 Å². The molecule has 0 amide bonds. The van der Waals surface area contributed by atoms with Gasteiger partial charge in [-0.15, -0.1) is 0 Å². The molecule has 0 radical (unpaired) electrons. The quantitative estimate of drug-likeness (QED) is 0.619. The van der Waals surface area contributed by atoms with Crippen LogP contribution in [0.3, 0.4) is 0 Å². The maximum absolute atomic E-state index is 9.04. The fraction of sp³-hybridized carbons (Fsp3) is 0.158. The summed E-state index contributed by atoms with van der Waals surface area (Å²) in [5.74, 6) is 0.956. The van der Waals surface area contributed by atoms with Crippen LogP contribution in [0, 0.1) is 16.7 Å². The number of nitrogens with two attached hydrogens (primary N) is 1. The number of benzene rings is 1. The van der Waals surface area contributed by atoms with Crippen molar-refractivity contribution in [3.8, 4) is 6.07 Å². The molecular weight excluding hydrogens is 328 g/mol. The second-order valence-electron chi connectivity index (χ2n) is 6.14. The van der Waals surface area contributed by atoms with Crippen molar-refractivity contribution in [1.82, 2.24) is 9.97 Å². The predicted octanol–water partition coefficient (Wildman–Crippen LogP) is 3.53. The van der Waals surface area contributed by atoms with E-state index in [0.717, 1.165) is 12.8 Å². The lowest BCUT2D eigenvalue weighted by Crippen LogP contribution is -2.13. The molecule has 0 saturated carbocycles. The van der Waals surface area contributed by atoms with Crippen molar-refractivity contribution in [1.29, 1.82) is 10.7 Å². The molecule has 7 nitrogen and oxygen atoms in total. The van der Waals surface area contributed by atoms with E-state index >= 15 is 0 Å². The van der Waals surface area contributed by atoms with Gasteiger partial charge in [-0.2, -0.15) is 5.26 Å². The normalized spacial score (nSPS) is 15.3. The third-order valence-electron chi connectivity index (χ3n) is 4.51. The third-order valence-corrected chi connectivity index (χ3v) is 4.51. The topological polar surface area (TPSA) is 125 Å². The molecule has 1 aliphatic carbocycles. The van der Waals surface area contributed by atoms with Gasteiger partial charge in [-0.1, -0.05) is 6.07 Å². The summed E-state index contributed by atoms with van der Waals surface area (Å²) in [4.78, 5) is 8.33. The van der Waals surface area contributed by atoms with Gasteiger partial charge in [0.1, 0.15) is 17.2 Å². The molecule has 1 atom stereocenters. The lowest BCUT2D eigenvalue weighted by Gasteiger charge is -2.16. The summed E-state index contributed by atoms with van der Waals surface area (Å²) in [5.41, 5.74) is 9.88. The van der Waals surface area contributed by atoms with Crippen LogP contribution < -0.4 is 11.1 Å². The van der Waals surface area contributed by atoms with E-state index in [2.05, 4.69) is 21.4 Å². The van der Waals surface area contributed by atoms with Gasteiger partial charge in [0.15, 0.2) is 12.2 Å². The maximum atomic E-state index is 9.04. The Morgan fingerprint density at radius 1 is 1.38 bits per heavy atom. The number of fused-ring (bicyclic) bond motifs is 1. The second-order valence-corrected chi connectivity index (χ2v) is 6.14. The highest BCUT2D eigenvalue weighted by Crippen LogP contribution is 2.34. The molecule has 0 bridgehead atoms. The number of hydrogen-bond donors (Lipinski definition) is 3. The Morgan fingerprint density at radius 2 is 2.27 bits per heavy atom. The highest BCUT2D eigenvalue weighted by Gasteiger charge is 2.23. The Morgan fingerprint density at radius 3 is 3.04 bits per heavy atom. The molecule has 26 heavy (non-hydrogen) atoms.